The van der Waals surface area contributed by atoms with Crippen LogP contribution in [0.4, 0.5) is 0 Å². The van der Waals surface area contributed by atoms with Crippen LogP contribution in [0, 0.1) is 0 Å². The van der Waals surface area contributed by atoms with Crippen molar-refractivity contribution in [3.63, 3.8) is 0 Å². The molecular weight excluding hydrogens is 375 g/mol. The first-order valence-corrected chi connectivity index (χ1v) is 6.84. The number of thiazole rings is 1. The van der Waals surface area contributed by atoms with Gasteiger partial charge in [0.05, 0.1) is 4.88 Å². The highest BCUT2D eigenvalue weighted by Crippen LogP contribution is 2.18. The van der Waals surface area contributed by atoms with Gasteiger partial charge in [0.25, 0.3) is 0 Å². The molecule has 0 atom stereocenters. The molecule has 0 aliphatic rings. The van der Waals surface area contributed by atoms with E-state index in [1.165, 1.54) is 21.2 Å². The predicted octanol–water partition coefficient (Wildman–Crippen LogP) is -0.142. The van der Waals surface area contributed by atoms with E-state index in [-0.39, 0.29) is 24.0 Å². The maximum atomic E-state index is 5.79. The Labute approximate surface area is 125 Å². The van der Waals surface area contributed by atoms with Gasteiger partial charge in [0.15, 0.2) is 17.2 Å². The summed E-state index contributed by atoms with van der Waals surface area (Å²) in [6.45, 7) is 0.835. The van der Waals surface area contributed by atoms with Crippen LogP contribution in [0.5, 0.6) is 0 Å². The van der Waals surface area contributed by atoms with E-state index < -0.39 is 0 Å². The molecular formula is C10H10ClIN2S2. The van der Waals surface area contributed by atoms with E-state index in [0.717, 1.165) is 6.54 Å². The van der Waals surface area contributed by atoms with Crippen LogP contribution < -0.4 is 28.5 Å². The third kappa shape index (κ3) is 3.58. The third-order valence-electron chi connectivity index (χ3n) is 1.96. The second-order valence-electron chi connectivity index (χ2n) is 2.95. The topological polar surface area (TPSA) is 16.8 Å². The summed E-state index contributed by atoms with van der Waals surface area (Å²) in [5.41, 5.74) is 0. The average Bonchev–Trinajstić information content (AvgIpc) is 2.65. The zero-order valence-electron chi connectivity index (χ0n) is 8.56. The molecule has 0 bridgehead atoms. The van der Waals surface area contributed by atoms with E-state index in [9.17, 15) is 0 Å². The summed E-state index contributed by atoms with van der Waals surface area (Å²) >= 11 is 9.05. The lowest BCUT2D eigenvalue weighted by atomic mass is 10.4. The molecule has 0 unspecified atom stereocenters. The van der Waals surface area contributed by atoms with Crippen molar-refractivity contribution in [2.24, 2.45) is 0 Å². The molecule has 0 N–H and O–H groups in total. The molecule has 86 valence electrons. The largest absolute Gasteiger partial charge is 1.00 e. The molecule has 0 saturated carbocycles. The minimum Gasteiger partial charge on any atom is -1.00 e. The first-order chi connectivity index (χ1) is 7.29. The highest BCUT2D eigenvalue weighted by molar-refractivity contribution is 7.98. The molecule has 2 aromatic heterocycles. The number of aromatic nitrogens is 2. The van der Waals surface area contributed by atoms with Gasteiger partial charge in [-0.2, -0.15) is 4.57 Å². The van der Waals surface area contributed by atoms with Crippen LogP contribution in [0.3, 0.4) is 0 Å². The van der Waals surface area contributed by atoms with E-state index >= 15 is 0 Å². The van der Waals surface area contributed by atoms with Crippen LogP contribution in [-0.2, 0) is 6.54 Å². The van der Waals surface area contributed by atoms with Gasteiger partial charge in [-0.15, -0.1) is 11.3 Å². The zero-order chi connectivity index (χ0) is 10.7. The summed E-state index contributed by atoms with van der Waals surface area (Å²) in [6, 6.07) is 6.18. The van der Waals surface area contributed by atoms with Crippen molar-refractivity contribution in [2.45, 2.75) is 11.6 Å². The average molecular weight is 385 g/mol. The Bertz CT molecular complexity index is 462. The van der Waals surface area contributed by atoms with E-state index in [1.807, 2.05) is 18.3 Å². The summed E-state index contributed by atoms with van der Waals surface area (Å²) in [6.07, 6.45) is 5.97. The normalized spacial score (nSPS) is 9.88. The van der Waals surface area contributed by atoms with Crippen LogP contribution in [-0.4, -0.2) is 11.2 Å². The fourth-order valence-corrected chi connectivity index (χ4v) is 2.85. The standard InChI is InChI=1S/C10H10ClN2S2.HI/c1-14-9-4-2-3-5-13(9)7-8-6-12-10(11)15-8;/h2-6H,7H2,1H3;1H/q+1;/p-1. The Morgan fingerprint density at radius 1 is 1.50 bits per heavy atom. The number of pyridine rings is 1. The molecule has 0 fully saturated rings. The Kier molecular flexibility index (Phi) is 6.02. The van der Waals surface area contributed by atoms with Crippen LogP contribution in [0.15, 0.2) is 35.6 Å². The fraction of sp³-hybridized carbons (Fsp3) is 0.200. The molecule has 6 heteroatoms. The van der Waals surface area contributed by atoms with E-state index in [0.29, 0.717) is 4.47 Å². The van der Waals surface area contributed by atoms with Gasteiger partial charge < -0.3 is 24.0 Å². The van der Waals surface area contributed by atoms with Gasteiger partial charge in [0.2, 0.25) is 5.03 Å². The third-order valence-corrected chi connectivity index (χ3v) is 3.85. The van der Waals surface area contributed by atoms with Crippen LogP contribution >= 0.6 is 34.7 Å². The van der Waals surface area contributed by atoms with Gasteiger partial charge in [0.1, 0.15) is 0 Å². The van der Waals surface area contributed by atoms with E-state index in [2.05, 4.69) is 28.1 Å². The number of nitrogens with zero attached hydrogens (tertiary/aromatic N) is 2. The number of thioether (sulfide) groups is 1. The van der Waals surface area contributed by atoms with Crippen LogP contribution in [0.2, 0.25) is 4.47 Å². The smallest absolute Gasteiger partial charge is 0.240 e. The molecule has 2 heterocycles. The van der Waals surface area contributed by atoms with Crippen LogP contribution in [0.1, 0.15) is 4.88 Å². The van der Waals surface area contributed by atoms with Gasteiger partial charge >= 0.3 is 0 Å². The number of hydrogen-bond acceptors (Lipinski definition) is 3. The molecule has 2 rings (SSSR count). The highest BCUT2D eigenvalue weighted by atomic mass is 127. The first-order valence-electron chi connectivity index (χ1n) is 4.42. The van der Waals surface area contributed by atoms with Gasteiger partial charge in [-0.25, -0.2) is 4.98 Å². The predicted molar refractivity (Wildman–Crippen MR) is 64.6 cm³/mol. The maximum Gasteiger partial charge on any atom is 0.240 e. The quantitative estimate of drug-likeness (QED) is 0.416. The molecule has 0 aliphatic carbocycles. The lowest BCUT2D eigenvalue weighted by molar-refractivity contribution is -0.724. The minimum atomic E-state index is 0. The van der Waals surface area contributed by atoms with Gasteiger partial charge in [-0.3, -0.25) is 0 Å². The Morgan fingerprint density at radius 2 is 2.31 bits per heavy atom. The first kappa shape index (κ1) is 14.2. The van der Waals surface area contributed by atoms with Crippen molar-refractivity contribution in [1.82, 2.24) is 4.98 Å². The molecule has 0 radical (unpaired) electrons. The van der Waals surface area contributed by atoms with E-state index in [1.54, 1.807) is 11.8 Å². The molecule has 16 heavy (non-hydrogen) atoms. The van der Waals surface area contributed by atoms with Gasteiger partial charge in [0, 0.05) is 18.3 Å². The number of rotatable bonds is 3. The second kappa shape index (κ2) is 6.78. The summed E-state index contributed by atoms with van der Waals surface area (Å²) in [7, 11) is 0. The van der Waals surface area contributed by atoms with Crippen molar-refractivity contribution in [3.05, 3.63) is 39.9 Å². The summed E-state index contributed by atoms with van der Waals surface area (Å²) < 4.78 is 2.79. The van der Waals surface area contributed by atoms with Crippen molar-refractivity contribution in [1.29, 1.82) is 0 Å². The SMILES string of the molecule is CSc1cccc[n+]1Cc1cnc(Cl)s1.[I-]. The number of hydrogen-bond donors (Lipinski definition) is 0. The molecule has 0 spiro atoms. The summed E-state index contributed by atoms with van der Waals surface area (Å²) in [4.78, 5) is 5.20. The molecule has 0 aliphatic heterocycles. The van der Waals surface area contributed by atoms with Crippen molar-refractivity contribution < 1.29 is 28.5 Å². The molecule has 0 saturated heterocycles. The van der Waals surface area contributed by atoms with Crippen LogP contribution in [0.25, 0.3) is 0 Å². The summed E-state index contributed by atoms with van der Waals surface area (Å²) in [5, 5.41) is 1.24. The minimum absolute atomic E-state index is 0. The van der Waals surface area contributed by atoms with Crippen molar-refractivity contribution in [2.75, 3.05) is 6.26 Å². The lowest BCUT2D eigenvalue weighted by Crippen LogP contribution is -3.00. The second-order valence-corrected chi connectivity index (χ2v) is 5.47. The Morgan fingerprint density at radius 3 is 2.94 bits per heavy atom. The highest BCUT2D eigenvalue weighted by Gasteiger charge is 2.10. The fourth-order valence-electron chi connectivity index (χ4n) is 1.30. The molecule has 2 aromatic rings. The Balaban J connectivity index is 0.00000128. The lowest BCUT2D eigenvalue weighted by Gasteiger charge is -1.98. The van der Waals surface area contributed by atoms with Crippen molar-refractivity contribution >= 4 is 34.7 Å². The molecule has 0 aromatic carbocycles. The number of halogens is 2. The summed E-state index contributed by atoms with van der Waals surface area (Å²) in [5.74, 6) is 0. The van der Waals surface area contributed by atoms with E-state index in [4.69, 9.17) is 11.6 Å². The van der Waals surface area contributed by atoms with Crippen molar-refractivity contribution in [3.8, 4) is 0 Å². The van der Waals surface area contributed by atoms with Gasteiger partial charge in [-0.05, 0) is 12.3 Å². The van der Waals surface area contributed by atoms with Gasteiger partial charge in [-0.1, -0.05) is 23.4 Å². The molecule has 2 nitrogen and oxygen atoms in total. The monoisotopic (exact) mass is 384 g/mol. The zero-order valence-corrected chi connectivity index (χ0v) is 13.1. The molecule has 0 amide bonds. The maximum absolute atomic E-state index is 5.79. The Hall–Kier alpha value is 0.150.